The average molecular weight is 497 g/mol. The van der Waals surface area contributed by atoms with Crippen LogP contribution in [0.15, 0.2) is 42.5 Å². The highest BCUT2D eigenvalue weighted by molar-refractivity contribution is 6.26. The minimum atomic E-state index is -1.06. The Morgan fingerprint density at radius 1 is 1.00 bits per heavy atom. The Labute approximate surface area is 209 Å². The number of rotatable bonds is 13. The van der Waals surface area contributed by atoms with Gasteiger partial charge >= 0.3 is 0 Å². The standard InChI is InChI=1S/C26H32N4O6/c1-16-12-19(6-11-24(16)33)13-23(29-17(2)31)26(35)30-22(10-7-20(32)14-27)25(34)28-15-18-4-8-21(36-3)9-5-18/h4-6,8-9,11-12,14,22-23,27,33H,7,10,13,15H2,1-3H3,(H,28,34)(H,29,31)(H,30,35)/t22-,23-/m0/s1. The van der Waals surface area contributed by atoms with Crippen molar-refractivity contribution in [1.82, 2.24) is 16.0 Å². The van der Waals surface area contributed by atoms with Gasteiger partial charge in [0.25, 0.3) is 0 Å². The van der Waals surface area contributed by atoms with E-state index in [9.17, 15) is 24.3 Å². The summed E-state index contributed by atoms with van der Waals surface area (Å²) in [5, 5.41) is 24.8. The molecular weight excluding hydrogens is 464 g/mol. The van der Waals surface area contributed by atoms with E-state index in [0.717, 1.165) is 5.56 Å². The van der Waals surface area contributed by atoms with Crippen molar-refractivity contribution in [1.29, 1.82) is 5.41 Å². The van der Waals surface area contributed by atoms with E-state index in [4.69, 9.17) is 10.1 Å². The van der Waals surface area contributed by atoms with Gasteiger partial charge in [0.05, 0.1) is 13.3 Å². The summed E-state index contributed by atoms with van der Waals surface area (Å²) in [6.45, 7) is 3.19. The topological polar surface area (TPSA) is 158 Å². The molecule has 2 atom stereocenters. The molecule has 10 heteroatoms. The summed E-state index contributed by atoms with van der Waals surface area (Å²) in [6.07, 6.45) is 0.680. The Morgan fingerprint density at radius 3 is 2.25 bits per heavy atom. The molecule has 0 heterocycles. The molecule has 0 radical (unpaired) electrons. The highest BCUT2D eigenvalue weighted by atomic mass is 16.5. The molecule has 0 aliphatic carbocycles. The fourth-order valence-corrected chi connectivity index (χ4v) is 3.49. The number of methoxy groups -OCH3 is 1. The van der Waals surface area contributed by atoms with E-state index < -0.39 is 35.6 Å². The number of benzene rings is 2. The van der Waals surface area contributed by atoms with E-state index >= 15 is 0 Å². The van der Waals surface area contributed by atoms with E-state index in [0.29, 0.717) is 23.1 Å². The van der Waals surface area contributed by atoms with Gasteiger partial charge in [-0.1, -0.05) is 24.3 Å². The van der Waals surface area contributed by atoms with Crippen LogP contribution in [-0.2, 0) is 32.1 Å². The summed E-state index contributed by atoms with van der Waals surface area (Å²) in [6, 6.07) is 9.91. The predicted molar refractivity (Wildman–Crippen MR) is 134 cm³/mol. The summed E-state index contributed by atoms with van der Waals surface area (Å²) >= 11 is 0. The van der Waals surface area contributed by atoms with E-state index in [1.807, 2.05) is 0 Å². The van der Waals surface area contributed by atoms with Gasteiger partial charge in [-0.2, -0.15) is 0 Å². The maximum atomic E-state index is 13.1. The monoisotopic (exact) mass is 496 g/mol. The van der Waals surface area contributed by atoms with Crippen LogP contribution in [0.1, 0.15) is 36.5 Å². The Hall–Kier alpha value is -4.21. The van der Waals surface area contributed by atoms with Crippen LogP contribution in [0.5, 0.6) is 11.5 Å². The molecule has 0 aromatic heterocycles. The third kappa shape index (κ3) is 8.86. The first-order valence-electron chi connectivity index (χ1n) is 11.4. The van der Waals surface area contributed by atoms with Crippen LogP contribution in [0.2, 0.25) is 0 Å². The van der Waals surface area contributed by atoms with Gasteiger partial charge in [-0.05, 0) is 48.2 Å². The molecule has 2 rings (SSSR count). The maximum Gasteiger partial charge on any atom is 0.243 e. The van der Waals surface area contributed by atoms with Crippen LogP contribution in [0, 0.1) is 12.3 Å². The lowest BCUT2D eigenvalue weighted by Crippen LogP contribution is -2.54. The van der Waals surface area contributed by atoms with Gasteiger partial charge in [0.15, 0.2) is 5.78 Å². The van der Waals surface area contributed by atoms with E-state index in [1.54, 1.807) is 50.4 Å². The number of nitrogens with one attached hydrogen (secondary N) is 4. The van der Waals surface area contributed by atoms with Crippen molar-refractivity contribution < 1.29 is 29.0 Å². The van der Waals surface area contributed by atoms with Crippen molar-refractivity contribution in [2.45, 2.75) is 51.7 Å². The molecule has 0 saturated carbocycles. The second kappa shape index (κ2) is 13.6. The molecule has 0 spiro atoms. The van der Waals surface area contributed by atoms with Crippen molar-refractivity contribution in [2.75, 3.05) is 7.11 Å². The highest BCUT2D eigenvalue weighted by Crippen LogP contribution is 2.18. The molecule has 0 aliphatic rings. The van der Waals surface area contributed by atoms with Crippen molar-refractivity contribution >= 4 is 29.7 Å². The number of ketones is 1. The molecule has 2 aromatic carbocycles. The molecule has 36 heavy (non-hydrogen) atoms. The quantitative estimate of drug-likeness (QED) is 0.265. The first-order chi connectivity index (χ1) is 17.1. The van der Waals surface area contributed by atoms with Crippen LogP contribution in [-0.4, -0.2) is 54.0 Å². The number of hydrogen-bond donors (Lipinski definition) is 5. The van der Waals surface area contributed by atoms with E-state index in [-0.39, 0.29) is 31.6 Å². The number of hydrogen-bond acceptors (Lipinski definition) is 7. The minimum absolute atomic E-state index is 0.0144. The normalized spacial score (nSPS) is 12.1. The van der Waals surface area contributed by atoms with E-state index in [1.165, 1.54) is 13.0 Å². The Morgan fingerprint density at radius 2 is 1.67 bits per heavy atom. The summed E-state index contributed by atoms with van der Waals surface area (Å²) in [4.78, 5) is 49.5. The minimum Gasteiger partial charge on any atom is -0.508 e. The van der Waals surface area contributed by atoms with Gasteiger partial charge < -0.3 is 31.2 Å². The number of amides is 3. The largest absolute Gasteiger partial charge is 0.508 e. The van der Waals surface area contributed by atoms with Crippen molar-refractivity contribution in [2.24, 2.45) is 0 Å². The fraction of sp³-hybridized carbons (Fsp3) is 0.346. The van der Waals surface area contributed by atoms with Crippen LogP contribution in [0.3, 0.4) is 0 Å². The van der Waals surface area contributed by atoms with E-state index in [2.05, 4.69) is 16.0 Å². The first kappa shape index (κ1) is 28.0. The number of carbonyl (C=O) groups is 4. The molecule has 0 bridgehead atoms. The summed E-state index contributed by atoms with van der Waals surface area (Å²) in [7, 11) is 1.55. The fourth-order valence-electron chi connectivity index (χ4n) is 3.49. The van der Waals surface area contributed by atoms with Crippen molar-refractivity contribution in [3.8, 4) is 11.5 Å². The van der Waals surface area contributed by atoms with Gasteiger partial charge in [0.1, 0.15) is 23.6 Å². The third-order valence-corrected chi connectivity index (χ3v) is 5.49. The Balaban J connectivity index is 2.14. The zero-order valence-electron chi connectivity index (χ0n) is 20.6. The van der Waals surface area contributed by atoms with Crippen LogP contribution in [0.4, 0.5) is 0 Å². The molecule has 192 valence electrons. The Bertz CT molecular complexity index is 1100. The highest BCUT2D eigenvalue weighted by Gasteiger charge is 2.27. The van der Waals surface area contributed by atoms with Crippen LogP contribution in [0.25, 0.3) is 0 Å². The molecule has 0 saturated heterocycles. The Kier molecular flexibility index (Phi) is 10.6. The molecule has 0 unspecified atom stereocenters. The third-order valence-electron chi connectivity index (χ3n) is 5.49. The van der Waals surface area contributed by atoms with Gasteiger partial charge in [-0.15, -0.1) is 0 Å². The van der Waals surface area contributed by atoms with Gasteiger partial charge in [0, 0.05) is 26.3 Å². The number of carbonyl (C=O) groups excluding carboxylic acids is 4. The molecule has 3 amide bonds. The molecule has 5 N–H and O–H groups in total. The number of phenolic OH excluding ortho intramolecular Hbond substituents is 1. The lowest BCUT2D eigenvalue weighted by atomic mass is 10.0. The van der Waals surface area contributed by atoms with Crippen molar-refractivity contribution in [3.05, 3.63) is 59.2 Å². The number of phenols is 1. The zero-order chi connectivity index (χ0) is 26.7. The number of aromatic hydroxyl groups is 1. The van der Waals surface area contributed by atoms with Crippen LogP contribution >= 0.6 is 0 Å². The first-order valence-corrected chi connectivity index (χ1v) is 11.4. The smallest absolute Gasteiger partial charge is 0.243 e. The lowest BCUT2D eigenvalue weighted by Gasteiger charge is -2.23. The van der Waals surface area contributed by atoms with Gasteiger partial charge in [-0.25, -0.2) is 0 Å². The van der Waals surface area contributed by atoms with Gasteiger partial charge in [-0.3, -0.25) is 19.2 Å². The predicted octanol–water partition coefficient (Wildman–Crippen LogP) is 1.56. The summed E-state index contributed by atoms with van der Waals surface area (Å²) in [5.74, 6) is -1.21. The second-order valence-electron chi connectivity index (χ2n) is 8.35. The molecule has 0 aliphatic heterocycles. The van der Waals surface area contributed by atoms with Gasteiger partial charge in [0.2, 0.25) is 17.7 Å². The molecule has 0 fully saturated rings. The second-order valence-corrected chi connectivity index (χ2v) is 8.35. The summed E-state index contributed by atoms with van der Waals surface area (Å²) < 4.78 is 5.12. The molecular formula is C26H32N4O6. The average Bonchev–Trinajstić information content (AvgIpc) is 2.86. The lowest BCUT2D eigenvalue weighted by molar-refractivity contribution is -0.132. The van der Waals surface area contributed by atoms with Crippen LogP contribution < -0.4 is 20.7 Å². The SMILES string of the molecule is COc1ccc(CNC(=O)[C@H](CCC(=O)C=N)NC(=O)[C@H](Cc2ccc(O)c(C)c2)NC(C)=O)cc1. The summed E-state index contributed by atoms with van der Waals surface area (Å²) in [5.41, 5.74) is 2.14. The molecule has 10 nitrogen and oxygen atoms in total. The number of aryl methyl sites for hydroxylation is 1. The zero-order valence-corrected chi connectivity index (χ0v) is 20.6. The molecule has 2 aromatic rings. The van der Waals surface area contributed by atoms with Crippen molar-refractivity contribution in [3.63, 3.8) is 0 Å². The maximum absolute atomic E-state index is 13.1. The number of Topliss-reactive ketones (excluding diaryl/α,β-unsaturated/α-hetero) is 1. The number of ether oxygens (including phenoxy) is 1.